The first-order valence-electron chi connectivity index (χ1n) is 4.06. The van der Waals surface area contributed by atoms with Crippen LogP contribution in [0.5, 0.6) is 0 Å². The minimum Gasteiger partial charge on any atom is -0.330 e. The molecule has 2 rings (SSSR count). The second-order valence-corrected chi connectivity index (χ2v) is 2.78. The van der Waals surface area contributed by atoms with Gasteiger partial charge in [-0.15, -0.1) is 0 Å². The molecule has 1 heterocycles. The average Bonchev–Trinajstić information content (AvgIpc) is 2.58. The molecule has 0 saturated heterocycles. The van der Waals surface area contributed by atoms with Crippen molar-refractivity contribution in [2.24, 2.45) is 0 Å². The standard InChI is InChI=1S/C10H9N2O/c13-8-11-7-12-6-5-9-3-1-2-4-10(9)12/h1-6H,7H2,(H,11,13). The summed E-state index contributed by atoms with van der Waals surface area (Å²) >= 11 is 0. The van der Waals surface area contributed by atoms with Crippen molar-refractivity contribution in [1.29, 1.82) is 0 Å². The molecule has 0 atom stereocenters. The van der Waals surface area contributed by atoms with Crippen molar-refractivity contribution in [3.63, 3.8) is 0 Å². The molecule has 0 bridgehead atoms. The summed E-state index contributed by atoms with van der Waals surface area (Å²) < 4.78 is 1.96. The lowest BCUT2D eigenvalue weighted by Crippen LogP contribution is -2.15. The molecule has 0 fully saturated rings. The van der Waals surface area contributed by atoms with Gasteiger partial charge in [0.05, 0.1) is 6.67 Å². The van der Waals surface area contributed by atoms with E-state index >= 15 is 0 Å². The molecule has 2 aromatic rings. The van der Waals surface area contributed by atoms with Crippen LogP contribution >= 0.6 is 0 Å². The van der Waals surface area contributed by atoms with Gasteiger partial charge < -0.3 is 9.88 Å². The fraction of sp³-hybridized carbons (Fsp3) is 0.100. The number of benzene rings is 1. The van der Waals surface area contributed by atoms with E-state index in [4.69, 9.17) is 0 Å². The van der Waals surface area contributed by atoms with Crippen LogP contribution in [-0.4, -0.2) is 11.0 Å². The van der Waals surface area contributed by atoms with Crippen LogP contribution in [0.1, 0.15) is 0 Å². The lowest BCUT2D eigenvalue weighted by molar-refractivity contribution is 0.529. The minimum atomic E-state index is 0.469. The molecular formula is C10H9N2O. The Hall–Kier alpha value is -1.77. The molecule has 0 spiro atoms. The topological polar surface area (TPSA) is 34.0 Å². The zero-order chi connectivity index (χ0) is 9.10. The van der Waals surface area contributed by atoms with Gasteiger partial charge in [-0.1, -0.05) is 18.2 Å². The molecule has 0 aliphatic carbocycles. The number of carbonyl (C=O) groups excluding carboxylic acids is 1. The molecule has 1 N–H and O–H groups in total. The third-order valence-electron chi connectivity index (χ3n) is 2.00. The van der Waals surface area contributed by atoms with E-state index in [1.165, 1.54) is 5.39 Å². The average molecular weight is 173 g/mol. The van der Waals surface area contributed by atoms with Gasteiger partial charge in [-0.25, -0.2) is 0 Å². The molecule has 0 saturated carbocycles. The molecule has 3 heteroatoms. The maximum absolute atomic E-state index is 9.99. The predicted octanol–water partition coefficient (Wildman–Crippen LogP) is 1.26. The number of nitrogens with zero attached hydrogens (tertiary/aromatic N) is 1. The number of para-hydroxylation sites is 1. The minimum absolute atomic E-state index is 0.469. The number of hydrogen-bond donors (Lipinski definition) is 1. The monoisotopic (exact) mass is 173 g/mol. The number of rotatable bonds is 3. The van der Waals surface area contributed by atoms with Gasteiger partial charge in [-0.05, 0) is 17.5 Å². The van der Waals surface area contributed by atoms with Crippen LogP contribution in [-0.2, 0) is 11.5 Å². The van der Waals surface area contributed by atoms with Crippen LogP contribution < -0.4 is 5.32 Å². The van der Waals surface area contributed by atoms with E-state index in [1.54, 1.807) is 6.41 Å². The summed E-state index contributed by atoms with van der Waals surface area (Å²) in [6.07, 6.45) is 3.59. The smallest absolute Gasteiger partial charge is 0.310 e. The molecule has 1 radical (unpaired) electrons. The van der Waals surface area contributed by atoms with Crippen LogP contribution in [0, 0.1) is 0 Å². The molecule has 0 unspecified atom stereocenters. The third kappa shape index (κ3) is 1.40. The third-order valence-corrected chi connectivity index (χ3v) is 2.00. The highest BCUT2D eigenvalue weighted by molar-refractivity contribution is 5.79. The van der Waals surface area contributed by atoms with E-state index in [2.05, 4.69) is 5.32 Å². The molecule has 1 amide bonds. The second kappa shape index (κ2) is 3.31. The van der Waals surface area contributed by atoms with Crippen molar-refractivity contribution in [1.82, 2.24) is 9.88 Å². The summed E-state index contributed by atoms with van der Waals surface area (Å²) in [7, 11) is 0. The van der Waals surface area contributed by atoms with Crippen LogP contribution in [0.2, 0.25) is 0 Å². The molecule has 1 aromatic heterocycles. The Labute approximate surface area is 76.0 Å². The number of aromatic nitrogens is 1. The first kappa shape index (κ1) is 7.86. The lowest BCUT2D eigenvalue weighted by atomic mass is 10.2. The predicted molar refractivity (Wildman–Crippen MR) is 50.8 cm³/mol. The Morgan fingerprint density at radius 2 is 2.15 bits per heavy atom. The highest BCUT2D eigenvalue weighted by Crippen LogP contribution is 2.13. The van der Waals surface area contributed by atoms with Gasteiger partial charge in [-0.3, -0.25) is 4.79 Å². The summed E-state index contributed by atoms with van der Waals surface area (Å²) in [5, 5.41) is 3.68. The van der Waals surface area contributed by atoms with Crippen LogP contribution in [0.15, 0.2) is 36.5 Å². The lowest BCUT2D eigenvalue weighted by Gasteiger charge is -2.02. The largest absolute Gasteiger partial charge is 0.330 e. The van der Waals surface area contributed by atoms with E-state index in [1.807, 2.05) is 41.1 Å². The van der Waals surface area contributed by atoms with Gasteiger partial charge in [0.15, 0.2) is 0 Å². The zero-order valence-electron chi connectivity index (χ0n) is 7.03. The number of hydrogen-bond acceptors (Lipinski definition) is 1. The maximum Gasteiger partial charge on any atom is 0.310 e. The summed E-state index contributed by atoms with van der Waals surface area (Å²) in [6, 6.07) is 10.0. The highest BCUT2D eigenvalue weighted by Gasteiger charge is 1.97. The van der Waals surface area contributed by atoms with Crippen molar-refractivity contribution < 1.29 is 4.79 Å². The van der Waals surface area contributed by atoms with Crippen molar-refractivity contribution in [3.05, 3.63) is 36.5 Å². The van der Waals surface area contributed by atoms with Crippen molar-refractivity contribution >= 4 is 17.3 Å². The van der Waals surface area contributed by atoms with E-state index in [9.17, 15) is 4.79 Å². The van der Waals surface area contributed by atoms with E-state index in [0.29, 0.717) is 6.67 Å². The number of fused-ring (bicyclic) bond motifs is 1. The first-order valence-corrected chi connectivity index (χ1v) is 4.06. The van der Waals surface area contributed by atoms with Gasteiger partial charge in [0, 0.05) is 11.7 Å². The Morgan fingerprint density at radius 1 is 1.31 bits per heavy atom. The van der Waals surface area contributed by atoms with Gasteiger partial charge in [0.25, 0.3) is 0 Å². The van der Waals surface area contributed by atoms with Crippen LogP contribution in [0.25, 0.3) is 10.9 Å². The fourth-order valence-corrected chi connectivity index (χ4v) is 1.40. The van der Waals surface area contributed by atoms with E-state index < -0.39 is 0 Å². The normalized spacial score (nSPS) is 10.2. The second-order valence-electron chi connectivity index (χ2n) is 2.78. The van der Waals surface area contributed by atoms with Crippen LogP contribution in [0.4, 0.5) is 0 Å². The highest BCUT2D eigenvalue weighted by atomic mass is 16.1. The Bertz CT molecular complexity index is 420. The summed E-state index contributed by atoms with van der Waals surface area (Å²) in [5.74, 6) is 0. The number of amides is 1. The maximum atomic E-state index is 9.99. The molecule has 3 nitrogen and oxygen atoms in total. The van der Waals surface area contributed by atoms with E-state index in [0.717, 1.165) is 5.52 Å². The molecule has 0 aliphatic heterocycles. The quantitative estimate of drug-likeness (QED) is 0.696. The Balaban J connectivity index is 2.40. The Morgan fingerprint density at radius 3 is 3.00 bits per heavy atom. The van der Waals surface area contributed by atoms with Gasteiger partial charge in [0.1, 0.15) is 0 Å². The summed E-state index contributed by atoms with van der Waals surface area (Å²) in [4.78, 5) is 9.99. The first-order chi connectivity index (χ1) is 6.42. The molecule has 0 aliphatic rings. The molecule has 13 heavy (non-hydrogen) atoms. The summed E-state index contributed by atoms with van der Waals surface area (Å²) in [5.41, 5.74) is 1.12. The van der Waals surface area contributed by atoms with Crippen molar-refractivity contribution in [3.8, 4) is 0 Å². The van der Waals surface area contributed by atoms with Gasteiger partial charge in [0.2, 0.25) is 0 Å². The van der Waals surface area contributed by atoms with Crippen molar-refractivity contribution in [2.45, 2.75) is 6.67 Å². The van der Waals surface area contributed by atoms with E-state index in [-0.39, 0.29) is 0 Å². The zero-order valence-corrected chi connectivity index (χ0v) is 7.03. The molecule has 1 aromatic carbocycles. The fourth-order valence-electron chi connectivity index (χ4n) is 1.40. The van der Waals surface area contributed by atoms with Gasteiger partial charge in [-0.2, -0.15) is 0 Å². The molecule has 65 valence electrons. The van der Waals surface area contributed by atoms with Gasteiger partial charge >= 0.3 is 6.41 Å². The number of nitrogens with one attached hydrogen (secondary N) is 1. The summed E-state index contributed by atoms with van der Waals surface area (Å²) in [6.45, 7) is 0.469. The van der Waals surface area contributed by atoms with Crippen LogP contribution in [0.3, 0.4) is 0 Å². The van der Waals surface area contributed by atoms with Crippen molar-refractivity contribution in [2.75, 3.05) is 0 Å². The SMILES string of the molecule is O=[C]NCn1ccc2ccccc21. The molecular weight excluding hydrogens is 164 g/mol. The Kier molecular flexibility index (Phi) is 2.00.